The number of hydrogen-bond donors (Lipinski definition) is 1. The molecular weight excluding hydrogens is 224 g/mol. The number of halogens is 1. The maximum Gasteiger partial charge on any atom is 0.209 e. The molecule has 4 heteroatoms. The molecule has 1 aromatic carbocycles. The summed E-state index contributed by atoms with van der Waals surface area (Å²) in [5, 5.41) is 4.04. The van der Waals surface area contributed by atoms with Crippen LogP contribution in [0.15, 0.2) is 22.6 Å². The number of rotatable bonds is 4. The van der Waals surface area contributed by atoms with E-state index in [0.717, 1.165) is 29.5 Å². The van der Waals surface area contributed by atoms with E-state index < -0.39 is 0 Å². The highest BCUT2D eigenvalue weighted by Gasteiger charge is 2.20. The van der Waals surface area contributed by atoms with Crippen molar-refractivity contribution in [2.45, 2.75) is 19.4 Å². The monoisotopic (exact) mass is 236 g/mol. The van der Waals surface area contributed by atoms with Gasteiger partial charge in [0.25, 0.3) is 0 Å². The molecular formula is C12H13ClN2O. The summed E-state index contributed by atoms with van der Waals surface area (Å²) in [5.74, 6) is 1.61. The molecule has 0 aliphatic heterocycles. The Morgan fingerprint density at radius 3 is 3.12 bits per heavy atom. The van der Waals surface area contributed by atoms with Crippen LogP contribution < -0.4 is 5.32 Å². The molecule has 0 atom stereocenters. The lowest BCUT2D eigenvalue weighted by Crippen LogP contribution is -2.16. The first-order valence-electron chi connectivity index (χ1n) is 5.57. The molecule has 3 rings (SSSR count). The van der Waals surface area contributed by atoms with E-state index in [1.165, 1.54) is 12.8 Å². The van der Waals surface area contributed by atoms with E-state index in [4.69, 9.17) is 16.0 Å². The zero-order valence-electron chi connectivity index (χ0n) is 8.87. The van der Waals surface area contributed by atoms with Crippen LogP contribution in [0.4, 0.5) is 0 Å². The number of aromatic nitrogens is 1. The van der Waals surface area contributed by atoms with Crippen molar-refractivity contribution in [3.63, 3.8) is 0 Å². The van der Waals surface area contributed by atoms with Crippen molar-refractivity contribution in [3.05, 3.63) is 29.1 Å². The minimum Gasteiger partial charge on any atom is -0.439 e. The van der Waals surface area contributed by atoms with Crippen LogP contribution in [-0.2, 0) is 6.54 Å². The van der Waals surface area contributed by atoms with Gasteiger partial charge in [-0.2, -0.15) is 0 Å². The number of benzene rings is 1. The van der Waals surface area contributed by atoms with Gasteiger partial charge in [0, 0.05) is 5.02 Å². The molecule has 0 saturated heterocycles. The van der Waals surface area contributed by atoms with Crippen LogP contribution in [-0.4, -0.2) is 11.5 Å². The second kappa shape index (κ2) is 4.07. The molecule has 2 aromatic rings. The van der Waals surface area contributed by atoms with Gasteiger partial charge in [-0.3, -0.25) is 0 Å². The van der Waals surface area contributed by atoms with Crippen molar-refractivity contribution in [2.24, 2.45) is 5.92 Å². The highest BCUT2D eigenvalue weighted by atomic mass is 35.5. The van der Waals surface area contributed by atoms with Gasteiger partial charge in [-0.25, -0.2) is 4.98 Å². The Kier molecular flexibility index (Phi) is 2.58. The number of nitrogens with one attached hydrogen (secondary N) is 1. The average molecular weight is 237 g/mol. The SMILES string of the molecule is Clc1ccc2oc(CNCC3CC3)nc2c1. The molecule has 3 nitrogen and oxygen atoms in total. The molecule has 84 valence electrons. The van der Waals surface area contributed by atoms with Crippen LogP contribution >= 0.6 is 11.6 Å². The van der Waals surface area contributed by atoms with Gasteiger partial charge in [0.15, 0.2) is 5.58 Å². The van der Waals surface area contributed by atoms with E-state index in [-0.39, 0.29) is 0 Å². The fraction of sp³-hybridized carbons (Fsp3) is 0.417. The van der Waals surface area contributed by atoms with E-state index >= 15 is 0 Å². The fourth-order valence-corrected chi connectivity index (χ4v) is 1.90. The molecule has 0 spiro atoms. The van der Waals surface area contributed by atoms with Gasteiger partial charge in [0.05, 0.1) is 6.54 Å². The standard InChI is InChI=1S/C12H13ClN2O/c13-9-3-4-11-10(5-9)15-12(16-11)7-14-6-8-1-2-8/h3-5,8,14H,1-2,6-7H2. The molecule has 1 saturated carbocycles. The third-order valence-electron chi connectivity index (χ3n) is 2.80. The Hall–Kier alpha value is -1.06. The molecule has 0 unspecified atom stereocenters. The highest BCUT2D eigenvalue weighted by Crippen LogP contribution is 2.27. The smallest absolute Gasteiger partial charge is 0.209 e. The molecule has 0 radical (unpaired) electrons. The van der Waals surface area contributed by atoms with Crippen LogP contribution in [0.2, 0.25) is 5.02 Å². The van der Waals surface area contributed by atoms with E-state index in [1.54, 1.807) is 0 Å². The van der Waals surface area contributed by atoms with E-state index in [2.05, 4.69) is 10.3 Å². The van der Waals surface area contributed by atoms with Crippen LogP contribution in [0.25, 0.3) is 11.1 Å². The second-order valence-electron chi connectivity index (χ2n) is 4.29. The molecule has 1 aliphatic carbocycles. The molecule has 0 amide bonds. The number of nitrogens with zero attached hydrogens (tertiary/aromatic N) is 1. The summed E-state index contributed by atoms with van der Waals surface area (Å²) in [5.41, 5.74) is 1.63. The Morgan fingerprint density at radius 2 is 2.31 bits per heavy atom. The number of fused-ring (bicyclic) bond motifs is 1. The zero-order valence-corrected chi connectivity index (χ0v) is 9.63. The Balaban J connectivity index is 1.71. The summed E-state index contributed by atoms with van der Waals surface area (Å²) in [7, 11) is 0. The lowest BCUT2D eigenvalue weighted by molar-refractivity contribution is 0.490. The van der Waals surface area contributed by atoms with Crippen molar-refractivity contribution in [2.75, 3.05) is 6.54 Å². The van der Waals surface area contributed by atoms with Gasteiger partial charge >= 0.3 is 0 Å². The van der Waals surface area contributed by atoms with Crippen LogP contribution in [0.3, 0.4) is 0 Å². The summed E-state index contributed by atoms with van der Waals surface area (Å²) >= 11 is 5.88. The van der Waals surface area contributed by atoms with Gasteiger partial charge in [-0.15, -0.1) is 0 Å². The molecule has 1 N–H and O–H groups in total. The van der Waals surface area contributed by atoms with Crippen LogP contribution in [0.5, 0.6) is 0 Å². The lowest BCUT2D eigenvalue weighted by atomic mass is 10.3. The summed E-state index contributed by atoms with van der Waals surface area (Å²) in [6.45, 7) is 1.77. The highest BCUT2D eigenvalue weighted by molar-refractivity contribution is 6.31. The molecule has 1 heterocycles. The van der Waals surface area contributed by atoms with Crippen LogP contribution in [0.1, 0.15) is 18.7 Å². The zero-order chi connectivity index (χ0) is 11.0. The largest absolute Gasteiger partial charge is 0.439 e. The first-order valence-corrected chi connectivity index (χ1v) is 5.95. The molecule has 1 aromatic heterocycles. The summed E-state index contributed by atoms with van der Waals surface area (Å²) in [4.78, 5) is 4.38. The predicted molar refractivity (Wildman–Crippen MR) is 63.4 cm³/mol. The summed E-state index contributed by atoms with van der Waals surface area (Å²) in [6.07, 6.45) is 2.71. The first-order chi connectivity index (χ1) is 7.81. The Bertz CT molecular complexity index is 505. The van der Waals surface area contributed by atoms with E-state index in [1.807, 2.05) is 18.2 Å². The third-order valence-corrected chi connectivity index (χ3v) is 3.04. The first kappa shape index (κ1) is 10.1. The normalized spacial score (nSPS) is 15.8. The second-order valence-corrected chi connectivity index (χ2v) is 4.73. The third kappa shape index (κ3) is 2.20. The van der Waals surface area contributed by atoms with Crippen molar-refractivity contribution in [1.29, 1.82) is 0 Å². The predicted octanol–water partition coefficient (Wildman–Crippen LogP) is 2.98. The average Bonchev–Trinajstić information content (AvgIpc) is 2.98. The van der Waals surface area contributed by atoms with Gasteiger partial charge in [0.2, 0.25) is 5.89 Å². The molecule has 16 heavy (non-hydrogen) atoms. The molecule has 1 fully saturated rings. The van der Waals surface area contributed by atoms with Crippen molar-refractivity contribution < 1.29 is 4.42 Å². The minimum atomic E-state index is 0.693. The fourth-order valence-electron chi connectivity index (χ4n) is 1.73. The molecule has 0 bridgehead atoms. The summed E-state index contributed by atoms with van der Waals surface area (Å²) < 4.78 is 5.59. The number of oxazole rings is 1. The Labute approximate surface area is 98.8 Å². The van der Waals surface area contributed by atoms with Gasteiger partial charge in [-0.1, -0.05) is 11.6 Å². The van der Waals surface area contributed by atoms with Gasteiger partial charge in [-0.05, 0) is 43.5 Å². The molecule has 1 aliphatic rings. The van der Waals surface area contributed by atoms with Crippen LogP contribution in [0, 0.1) is 5.92 Å². The Morgan fingerprint density at radius 1 is 1.44 bits per heavy atom. The van der Waals surface area contributed by atoms with E-state index in [0.29, 0.717) is 11.6 Å². The van der Waals surface area contributed by atoms with Gasteiger partial charge < -0.3 is 9.73 Å². The van der Waals surface area contributed by atoms with E-state index in [9.17, 15) is 0 Å². The van der Waals surface area contributed by atoms with Crippen molar-refractivity contribution in [3.8, 4) is 0 Å². The maximum absolute atomic E-state index is 5.88. The lowest BCUT2D eigenvalue weighted by Gasteiger charge is -1.97. The minimum absolute atomic E-state index is 0.693. The van der Waals surface area contributed by atoms with Crippen molar-refractivity contribution in [1.82, 2.24) is 10.3 Å². The van der Waals surface area contributed by atoms with Gasteiger partial charge in [0.1, 0.15) is 5.52 Å². The maximum atomic E-state index is 5.88. The summed E-state index contributed by atoms with van der Waals surface area (Å²) in [6, 6.07) is 5.50. The number of hydrogen-bond acceptors (Lipinski definition) is 3. The quantitative estimate of drug-likeness (QED) is 0.887. The topological polar surface area (TPSA) is 38.1 Å². The van der Waals surface area contributed by atoms with Crippen molar-refractivity contribution >= 4 is 22.7 Å².